The summed E-state index contributed by atoms with van der Waals surface area (Å²) >= 11 is 0. The highest BCUT2D eigenvalue weighted by Crippen LogP contribution is 2.22. The van der Waals surface area contributed by atoms with Crippen LogP contribution in [0.25, 0.3) is 0 Å². The molecule has 0 aliphatic carbocycles. The van der Waals surface area contributed by atoms with E-state index in [1.54, 1.807) is 0 Å². The zero-order valence-electron chi connectivity index (χ0n) is 10.2. The molecule has 1 N–H and O–H groups in total. The molecule has 1 aromatic carbocycles. The molecule has 16 heavy (non-hydrogen) atoms. The number of rotatable bonds is 4. The van der Waals surface area contributed by atoms with Gasteiger partial charge in [-0.15, -0.1) is 0 Å². The zero-order chi connectivity index (χ0) is 11.4. The van der Waals surface area contributed by atoms with Crippen molar-refractivity contribution in [3.63, 3.8) is 0 Å². The van der Waals surface area contributed by atoms with E-state index in [4.69, 9.17) is 4.74 Å². The van der Waals surface area contributed by atoms with Gasteiger partial charge in [-0.1, -0.05) is 26.0 Å². The smallest absolute Gasteiger partial charge is 0.119 e. The number of hydrogen-bond acceptors (Lipinski definition) is 2. The van der Waals surface area contributed by atoms with Gasteiger partial charge in [-0.2, -0.15) is 0 Å². The first kappa shape index (κ1) is 11.5. The van der Waals surface area contributed by atoms with E-state index in [1.807, 2.05) is 0 Å². The van der Waals surface area contributed by atoms with E-state index < -0.39 is 0 Å². The second-order valence-electron chi connectivity index (χ2n) is 4.61. The molecule has 0 radical (unpaired) electrons. The lowest BCUT2D eigenvalue weighted by Gasteiger charge is -2.14. The first-order valence-corrected chi connectivity index (χ1v) is 6.27. The van der Waals surface area contributed by atoms with Crippen LogP contribution in [0, 0.1) is 0 Å². The molecule has 1 heterocycles. The summed E-state index contributed by atoms with van der Waals surface area (Å²) < 4.78 is 5.88. The van der Waals surface area contributed by atoms with Crippen molar-refractivity contribution in [3.8, 4) is 5.75 Å². The lowest BCUT2D eigenvalue weighted by atomic mass is 9.99. The SMILES string of the molecule is CC[C@H](C)c1ccc(O[C@H]2CCNC2)cc1. The van der Waals surface area contributed by atoms with Gasteiger partial charge in [-0.05, 0) is 43.0 Å². The van der Waals surface area contributed by atoms with Crippen LogP contribution < -0.4 is 10.1 Å². The molecule has 0 spiro atoms. The van der Waals surface area contributed by atoms with Gasteiger partial charge >= 0.3 is 0 Å². The fraction of sp³-hybridized carbons (Fsp3) is 0.571. The van der Waals surface area contributed by atoms with Gasteiger partial charge in [-0.25, -0.2) is 0 Å². The Balaban J connectivity index is 1.96. The van der Waals surface area contributed by atoms with Crippen LogP contribution in [0.5, 0.6) is 5.75 Å². The van der Waals surface area contributed by atoms with Gasteiger partial charge in [0.05, 0.1) is 0 Å². The predicted molar refractivity (Wildman–Crippen MR) is 67.1 cm³/mol. The van der Waals surface area contributed by atoms with Crippen molar-refractivity contribution >= 4 is 0 Å². The maximum Gasteiger partial charge on any atom is 0.119 e. The number of hydrogen-bond donors (Lipinski definition) is 1. The van der Waals surface area contributed by atoms with Crippen LogP contribution >= 0.6 is 0 Å². The summed E-state index contributed by atoms with van der Waals surface area (Å²) in [4.78, 5) is 0. The Labute approximate surface area is 98.0 Å². The molecule has 1 aliphatic heterocycles. The summed E-state index contributed by atoms with van der Waals surface area (Å²) in [5.41, 5.74) is 1.40. The van der Waals surface area contributed by atoms with Crippen LogP contribution in [0.1, 0.15) is 38.2 Å². The second-order valence-corrected chi connectivity index (χ2v) is 4.61. The Morgan fingerprint density at radius 3 is 2.69 bits per heavy atom. The van der Waals surface area contributed by atoms with Crippen LogP contribution in [-0.4, -0.2) is 19.2 Å². The Hall–Kier alpha value is -1.02. The molecule has 0 amide bonds. The highest BCUT2D eigenvalue weighted by atomic mass is 16.5. The van der Waals surface area contributed by atoms with E-state index >= 15 is 0 Å². The molecule has 0 saturated carbocycles. The van der Waals surface area contributed by atoms with E-state index in [-0.39, 0.29) is 0 Å². The lowest BCUT2D eigenvalue weighted by molar-refractivity contribution is 0.223. The molecule has 0 aromatic heterocycles. The lowest BCUT2D eigenvalue weighted by Crippen LogP contribution is -2.19. The van der Waals surface area contributed by atoms with Crippen LogP contribution in [0.4, 0.5) is 0 Å². The van der Waals surface area contributed by atoms with Crippen molar-refractivity contribution in [2.24, 2.45) is 0 Å². The third-order valence-corrected chi connectivity index (χ3v) is 3.38. The van der Waals surface area contributed by atoms with Crippen molar-refractivity contribution in [3.05, 3.63) is 29.8 Å². The fourth-order valence-electron chi connectivity index (χ4n) is 2.03. The van der Waals surface area contributed by atoms with E-state index in [0.29, 0.717) is 12.0 Å². The van der Waals surface area contributed by atoms with Gasteiger partial charge in [0, 0.05) is 6.54 Å². The van der Waals surface area contributed by atoms with Crippen LogP contribution in [-0.2, 0) is 0 Å². The van der Waals surface area contributed by atoms with Gasteiger partial charge in [0.25, 0.3) is 0 Å². The molecule has 1 aromatic rings. The summed E-state index contributed by atoms with van der Waals surface area (Å²) in [5.74, 6) is 1.64. The summed E-state index contributed by atoms with van der Waals surface area (Å²) in [5, 5.41) is 3.31. The number of nitrogens with one attached hydrogen (secondary N) is 1. The molecule has 2 heteroatoms. The summed E-state index contributed by atoms with van der Waals surface area (Å²) in [6.07, 6.45) is 2.66. The van der Waals surface area contributed by atoms with Gasteiger partial charge < -0.3 is 10.1 Å². The van der Waals surface area contributed by atoms with Crippen molar-refractivity contribution < 1.29 is 4.74 Å². The van der Waals surface area contributed by atoms with Crippen molar-refractivity contribution in [2.45, 2.75) is 38.7 Å². The molecule has 88 valence electrons. The number of benzene rings is 1. The summed E-state index contributed by atoms with van der Waals surface area (Å²) in [6.45, 7) is 6.54. The first-order chi connectivity index (χ1) is 7.79. The topological polar surface area (TPSA) is 21.3 Å². The monoisotopic (exact) mass is 219 g/mol. The summed E-state index contributed by atoms with van der Waals surface area (Å²) in [6, 6.07) is 8.57. The molecule has 2 rings (SSSR count). The molecule has 1 fully saturated rings. The van der Waals surface area contributed by atoms with Gasteiger partial charge in [0.1, 0.15) is 11.9 Å². The van der Waals surface area contributed by atoms with Crippen molar-refractivity contribution in [2.75, 3.05) is 13.1 Å². The van der Waals surface area contributed by atoms with Gasteiger partial charge in [0.15, 0.2) is 0 Å². The largest absolute Gasteiger partial charge is 0.489 e. The minimum absolute atomic E-state index is 0.356. The average molecular weight is 219 g/mol. The molecular formula is C14H21NO. The predicted octanol–water partition coefficient (Wildman–Crippen LogP) is 2.94. The maximum atomic E-state index is 5.88. The van der Waals surface area contributed by atoms with E-state index in [9.17, 15) is 0 Å². The Morgan fingerprint density at radius 2 is 2.12 bits per heavy atom. The molecule has 1 aliphatic rings. The zero-order valence-corrected chi connectivity index (χ0v) is 10.2. The highest BCUT2D eigenvalue weighted by molar-refractivity contribution is 5.29. The molecule has 0 unspecified atom stereocenters. The van der Waals surface area contributed by atoms with E-state index in [1.165, 1.54) is 12.0 Å². The molecule has 0 bridgehead atoms. The number of ether oxygens (including phenoxy) is 1. The fourth-order valence-corrected chi connectivity index (χ4v) is 2.03. The van der Waals surface area contributed by atoms with Crippen molar-refractivity contribution in [1.82, 2.24) is 5.32 Å². The first-order valence-electron chi connectivity index (χ1n) is 6.27. The highest BCUT2D eigenvalue weighted by Gasteiger charge is 2.15. The van der Waals surface area contributed by atoms with Crippen molar-refractivity contribution in [1.29, 1.82) is 0 Å². The van der Waals surface area contributed by atoms with Crippen LogP contribution in [0.15, 0.2) is 24.3 Å². The Kier molecular flexibility index (Phi) is 3.83. The third-order valence-electron chi connectivity index (χ3n) is 3.38. The average Bonchev–Trinajstić information content (AvgIpc) is 2.82. The minimum Gasteiger partial charge on any atom is -0.489 e. The maximum absolute atomic E-state index is 5.88. The Morgan fingerprint density at radius 1 is 1.38 bits per heavy atom. The molecular weight excluding hydrogens is 198 g/mol. The van der Waals surface area contributed by atoms with Crippen LogP contribution in [0.2, 0.25) is 0 Å². The Bertz CT molecular complexity index is 314. The minimum atomic E-state index is 0.356. The quantitative estimate of drug-likeness (QED) is 0.840. The van der Waals surface area contributed by atoms with E-state index in [0.717, 1.165) is 25.3 Å². The third kappa shape index (κ3) is 2.76. The van der Waals surface area contributed by atoms with Gasteiger partial charge in [-0.3, -0.25) is 0 Å². The molecule has 2 atom stereocenters. The summed E-state index contributed by atoms with van der Waals surface area (Å²) in [7, 11) is 0. The second kappa shape index (κ2) is 5.35. The van der Waals surface area contributed by atoms with Crippen LogP contribution in [0.3, 0.4) is 0 Å². The molecule has 2 nitrogen and oxygen atoms in total. The normalized spacial score (nSPS) is 22.0. The van der Waals surface area contributed by atoms with E-state index in [2.05, 4.69) is 43.4 Å². The molecule has 1 saturated heterocycles. The van der Waals surface area contributed by atoms with Gasteiger partial charge in [0.2, 0.25) is 0 Å². The standard InChI is InChI=1S/C14H21NO/c1-3-11(2)12-4-6-13(7-5-12)16-14-8-9-15-10-14/h4-7,11,14-15H,3,8-10H2,1-2H3/t11-,14-/m0/s1.